The van der Waals surface area contributed by atoms with E-state index < -0.39 is 12.2 Å². The zero-order chi connectivity index (χ0) is 12.2. The van der Waals surface area contributed by atoms with E-state index in [0.717, 1.165) is 0 Å². The molecular weight excluding hydrogens is 212 g/mol. The molecule has 0 heterocycles. The molecule has 0 aliphatic carbocycles. The summed E-state index contributed by atoms with van der Waals surface area (Å²) in [4.78, 5) is 21.5. The monoisotopic (exact) mass is 228 g/mol. The topological polar surface area (TPSA) is 76.7 Å². The van der Waals surface area contributed by atoms with Crippen LogP contribution in [0, 0.1) is 0 Å². The number of carbonyl (C=O) groups is 2. The summed E-state index contributed by atoms with van der Waals surface area (Å²) in [6.07, 6.45) is 4.80. The van der Waals surface area contributed by atoms with Gasteiger partial charge in [0.05, 0.1) is 13.2 Å². The molecule has 0 radical (unpaired) electrons. The highest BCUT2D eigenvalue weighted by molar-refractivity contribution is 5.69. The van der Waals surface area contributed by atoms with Crippen molar-refractivity contribution in [3.05, 3.63) is 24.6 Å². The Morgan fingerprint density at radius 1 is 0.938 bits per heavy atom. The molecule has 16 heavy (non-hydrogen) atoms. The molecule has 2 N–H and O–H groups in total. The molecule has 0 spiro atoms. The second-order valence-electron chi connectivity index (χ2n) is 2.45. The Morgan fingerprint density at radius 2 is 1.31 bits per heavy atom. The number of allylic oxidation sites excluding steroid dienone is 2. The predicted octanol–water partition coefficient (Wildman–Crippen LogP) is 1.51. The molecule has 0 rings (SSSR count). The van der Waals surface area contributed by atoms with Gasteiger partial charge in [0.2, 0.25) is 0 Å². The van der Waals surface area contributed by atoms with Crippen LogP contribution in [0.2, 0.25) is 0 Å². The van der Waals surface area contributed by atoms with Gasteiger partial charge in [-0.2, -0.15) is 0 Å². The number of amides is 2. The molecule has 0 fully saturated rings. The molecule has 2 amide bonds. The maximum absolute atomic E-state index is 10.8. The first-order chi connectivity index (χ1) is 7.70. The van der Waals surface area contributed by atoms with Crippen LogP contribution < -0.4 is 10.6 Å². The average molecular weight is 228 g/mol. The van der Waals surface area contributed by atoms with Gasteiger partial charge in [-0.15, -0.1) is 0 Å². The lowest BCUT2D eigenvalue weighted by Crippen LogP contribution is -2.18. The van der Waals surface area contributed by atoms with Crippen LogP contribution in [0.25, 0.3) is 0 Å². The SMILES string of the molecule is CCOC(=O)NC=CC=CNC(=O)OCC. The van der Waals surface area contributed by atoms with E-state index in [0.29, 0.717) is 13.2 Å². The van der Waals surface area contributed by atoms with Gasteiger partial charge in [-0.25, -0.2) is 9.59 Å². The van der Waals surface area contributed by atoms with Crippen LogP contribution in [0.5, 0.6) is 0 Å². The minimum absolute atomic E-state index is 0.319. The van der Waals surface area contributed by atoms with Gasteiger partial charge in [0.25, 0.3) is 0 Å². The van der Waals surface area contributed by atoms with Gasteiger partial charge in [0.15, 0.2) is 0 Å². The molecule has 90 valence electrons. The summed E-state index contributed by atoms with van der Waals surface area (Å²) in [5.74, 6) is 0. The normalized spacial score (nSPS) is 10.4. The molecule has 0 aliphatic rings. The summed E-state index contributed by atoms with van der Waals surface area (Å²) in [6.45, 7) is 4.07. The first kappa shape index (κ1) is 14.0. The lowest BCUT2D eigenvalue weighted by atomic mass is 10.5. The fourth-order valence-corrected chi connectivity index (χ4v) is 0.689. The fraction of sp³-hybridized carbons (Fsp3) is 0.400. The number of carbonyl (C=O) groups excluding carboxylic acids is 2. The average Bonchev–Trinajstić information content (AvgIpc) is 2.24. The number of ether oxygens (including phenoxy) is 2. The lowest BCUT2D eigenvalue weighted by Gasteiger charge is -1.98. The van der Waals surface area contributed by atoms with Gasteiger partial charge in [-0.1, -0.05) is 0 Å². The van der Waals surface area contributed by atoms with Gasteiger partial charge in [0.1, 0.15) is 0 Å². The van der Waals surface area contributed by atoms with E-state index >= 15 is 0 Å². The van der Waals surface area contributed by atoms with E-state index in [2.05, 4.69) is 20.1 Å². The Bertz CT molecular complexity index is 246. The van der Waals surface area contributed by atoms with Crippen LogP contribution in [0.4, 0.5) is 9.59 Å². The largest absolute Gasteiger partial charge is 0.450 e. The van der Waals surface area contributed by atoms with Gasteiger partial charge in [-0.3, -0.25) is 10.6 Å². The first-order valence-electron chi connectivity index (χ1n) is 4.89. The minimum Gasteiger partial charge on any atom is -0.450 e. The molecule has 6 heteroatoms. The Labute approximate surface area is 94.3 Å². The lowest BCUT2D eigenvalue weighted by molar-refractivity contribution is 0.155. The van der Waals surface area contributed by atoms with E-state index in [1.54, 1.807) is 13.8 Å². The Kier molecular flexibility index (Phi) is 8.39. The minimum atomic E-state index is -0.523. The van der Waals surface area contributed by atoms with Crippen LogP contribution in [-0.2, 0) is 9.47 Å². The third-order valence-corrected chi connectivity index (χ3v) is 1.26. The van der Waals surface area contributed by atoms with Crippen molar-refractivity contribution in [1.29, 1.82) is 0 Å². The van der Waals surface area contributed by atoms with Gasteiger partial charge >= 0.3 is 12.2 Å². The van der Waals surface area contributed by atoms with Crippen molar-refractivity contribution in [2.75, 3.05) is 13.2 Å². The predicted molar refractivity (Wildman–Crippen MR) is 58.6 cm³/mol. The maximum atomic E-state index is 10.8. The third kappa shape index (κ3) is 8.61. The second-order valence-corrected chi connectivity index (χ2v) is 2.45. The number of nitrogens with one attached hydrogen (secondary N) is 2. The highest BCUT2D eigenvalue weighted by Gasteiger charge is 1.93. The van der Waals surface area contributed by atoms with Crippen molar-refractivity contribution in [1.82, 2.24) is 10.6 Å². The molecule has 0 atom stereocenters. The van der Waals surface area contributed by atoms with Crippen molar-refractivity contribution >= 4 is 12.2 Å². The highest BCUT2D eigenvalue weighted by atomic mass is 16.5. The molecule has 6 nitrogen and oxygen atoms in total. The first-order valence-corrected chi connectivity index (χ1v) is 4.89. The number of hydrogen-bond donors (Lipinski definition) is 2. The van der Waals surface area contributed by atoms with Crippen molar-refractivity contribution < 1.29 is 19.1 Å². The van der Waals surface area contributed by atoms with Gasteiger partial charge < -0.3 is 9.47 Å². The third-order valence-electron chi connectivity index (χ3n) is 1.26. The van der Waals surface area contributed by atoms with Crippen LogP contribution in [-0.4, -0.2) is 25.4 Å². The zero-order valence-electron chi connectivity index (χ0n) is 9.36. The Morgan fingerprint density at radius 3 is 1.62 bits per heavy atom. The Hall–Kier alpha value is -1.98. The molecule has 0 bridgehead atoms. The van der Waals surface area contributed by atoms with Crippen molar-refractivity contribution in [2.45, 2.75) is 13.8 Å². The second kappa shape index (κ2) is 9.57. The molecular formula is C10H16N2O4. The number of alkyl carbamates (subject to hydrolysis) is 2. The van der Waals surface area contributed by atoms with Crippen LogP contribution >= 0.6 is 0 Å². The quantitative estimate of drug-likeness (QED) is 0.699. The van der Waals surface area contributed by atoms with E-state index in [1.165, 1.54) is 24.6 Å². The molecule has 0 unspecified atom stereocenters. The fourth-order valence-electron chi connectivity index (χ4n) is 0.689. The van der Waals surface area contributed by atoms with Crippen LogP contribution in [0.15, 0.2) is 24.6 Å². The smallest absolute Gasteiger partial charge is 0.411 e. The molecule has 0 saturated heterocycles. The van der Waals surface area contributed by atoms with Gasteiger partial charge in [0, 0.05) is 12.4 Å². The van der Waals surface area contributed by atoms with E-state index in [9.17, 15) is 9.59 Å². The zero-order valence-corrected chi connectivity index (χ0v) is 9.36. The highest BCUT2D eigenvalue weighted by Crippen LogP contribution is 1.79. The van der Waals surface area contributed by atoms with Crippen molar-refractivity contribution in [3.8, 4) is 0 Å². The summed E-state index contributed by atoms with van der Waals surface area (Å²) in [7, 11) is 0. The molecule has 0 saturated carbocycles. The summed E-state index contributed by atoms with van der Waals surface area (Å²) in [5.41, 5.74) is 0. The summed E-state index contributed by atoms with van der Waals surface area (Å²) in [5, 5.41) is 4.72. The molecule has 0 aliphatic heterocycles. The van der Waals surface area contributed by atoms with Crippen molar-refractivity contribution in [2.24, 2.45) is 0 Å². The van der Waals surface area contributed by atoms with Crippen molar-refractivity contribution in [3.63, 3.8) is 0 Å². The summed E-state index contributed by atoms with van der Waals surface area (Å²) >= 11 is 0. The van der Waals surface area contributed by atoms with Crippen LogP contribution in [0.3, 0.4) is 0 Å². The summed E-state index contributed by atoms with van der Waals surface area (Å²) in [6, 6.07) is 0. The van der Waals surface area contributed by atoms with Gasteiger partial charge in [-0.05, 0) is 26.0 Å². The number of rotatable bonds is 5. The van der Waals surface area contributed by atoms with E-state index in [1.807, 2.05) is 0 Å². The number of hydrogen-bond acceptors (Lipinski definition) is 4. The standard InChI is InChI=1S/C10H16N2O4/c1-3-15-9(13)11-7-5-6-8-12-10(14)16-4-2/h5-8H,3-4H2,1-2H3,(H,11,13)(H,12,14). The molecule has 0 aromatic carbocycles. The Balaban J connectivity index is 3.63. The van der Waals surface area contributed by atoms with Crippen LogP contribution in [0.1, 0.15) is 13.8 Å². The van der Waals surface area contributed by atoms with E-state index in [4.69, 9.17) is 0 Å². The maximum Gasteiger partial charge on any atom is 0.411 e. The molecule has 0 aromatic heterocycles. The molecule has 0 aromatic rings. The summed E-state index contributed by atoms with van der Waals surface area (Å²) < 4.78 is 9.21. The van der Waals surface area contributed by atoms with E-state index in [-0.39, 0.29) is 0 Å².